The number of para-hydroxylation sites is 2. The van der Waals surface area contributed by atoms with Crippen LogP contribution in [0.25, 0.3) is 5.82 Å². The largest absolute Gasteiger partial charge is 0.457 e. The van der Waals surface area contributed by atoms with Gasteiger partial charge in [0.05, 0.1) is 5.56 Å². The minimum absolute atomic E-state index is 0.256. The number of anilines is 3. The van der Waals surface area contributed by atoms with Crippen molar-refractivity contribution in [1.29, 1.82) is 0 Å². The first-order valence-electron chi connectivity index (χ1n) is 11.0. The molecule has 3 aromatic carbocycles. The van der Waals surface area contributed by atoms with E-state index >= 15 is 0 Å². The fraction of sp³-hybridized carbons (Fsp3) is 0.0370. The van der Waals surface area contributed by atoms with Crippen molar-refractivity contribution in [3.8, 4) is 17.3 Å². The molecule has 0 saturated heterocycles. The minimum atomic E-state index is -0.256. The van der Waals surface area contributed by atoms with Crippen molar-refractivity contribution in [1.82, 2.24) is 19.5 Å². The molecule has 0 aliphatic heterocycles. The molecule has 2 heterocycles. The molecule has 0 atom stereocenters. The Morgan fingerprint density at radius 2 is 1.63 bits per heavy atom. The molecule has 5 rings (SSSR count). The Morgan fingerprint density at radius 3 is 2.40 bits per heavy atom. The fourth-order valence-corrected chi connectivity index (χ4v) is 3.48. The normalized spacial score (nSPS) is 10.5. The van der Waals surface area contributed by atoms with Crippen LogP contribution in [0, 0.1) is 6.92 Å². The molecule has 0 saturated carbocycles. The summed E-state index contributed by atoms with van der Waals surface area (Å²) in [5, 5.41) is 6.21. The van der Waals surface area contributed by atoms with E-state index in [0.717, 1.165) is 11.5 Å². The Kier molecular flexibility index (Phi) is 6.17. The maximum absolute atomic E-state index is 13.0. The number of aryl methyl sites for hydroxylation is 1. The molecule has 0 aliphatic rings. The van der Waals surface area contributed by atoms with Crippen LogP contribution in [-0.2, 0) is 0 Å². The highest BCUT2D eigenvalue weighted by atomic mass is 16.5. The summed E-state index contributed by atoms with van der Waals surface area (Å²) in [5.74, 6) is 2.91. The maximum atomic E-state index is 13.0. The van der Waals surface area contributed by atoms with Crippen LogP contribution in [0.4, 0.5) is 17.2 Å². The quantitative estimate of drug-likeness (QED) is 0.319. The van der Waals surface area contributed by atoms with Gasteiger partial charge in [0.15, 0.2) is 0 Å². The minimum Gasteiger partial charge on any atom is -0.457 e. The molecule has 8 nitrogen and oxygen atoms in total. The molecule has 0 bridgehead atoms. The topological polar surface area (TPSA) is 94.0 Å². The highest BCUT2D eigenvalue weighted by molar-refractivity contribution is 6.06. The molecular weight excluding hydrogens is 440 g/mol. The summed E-state index contributed by atoms with van der Waals surface area (Å²) in [6.07, 6.45) is 5.21. The number of rotatable bonds is 7. The van der Waals surface area contributed by atoms with Gasteiger partial charge in [0.1, 0.15) is 35.3 Å². The molecule has 35 heavy (non-hydrogen) atoms. The van der Waals surface area contributed by atoms with Crippen molar-refractivity contribution >= 4 is 23.1 Å². The highest BCUT2D eigenvalue weighted by Crippen LogP contribution is 2.26. The molecule has 0 spiro atoms. The Hall–Kier alpha value is -4.98. The van der Waals surface area contributed by atoms with E-state index in [4.69, 9.17) is 4.74 Å². The fourth-order valence-electron chi connectivity index (χ4n) is 3.48. The SMILES string of the molecule is Cc1nc(Nc2ccc(NC(=O)c3ccccc3Oc3ccccc3)cc2)cc(-n2ccnc2)n1. The summed E-state index contributed by atoms with van der Waals surface area (Å²) in [4.78, 5) is 25.9. The molecule has 0 radical (unpaired) electrons. The third-order valence-corrected chi connectivity index (χ3v) is 5.11. The number of carbonyl (C=O) groups excluding carboxylic acids is 1. The van der Waals surface area contributed by atoms with E-state index in [2.05, 4.69) is 25.6 Å². The van der Waals surface area contributed by atoms with Crippen molar-refractivity contribution in [3.05, 3.63) is 115 Å². The lowest BCUT2D eigenvalue weighted by atomic mass is 10.1. The van der Waals surface area contributed by atoms with Crippen molar-refractivity contribution in [2.24, 2.45) is 0 Å². The van der Waals surface area contributed by atoms with E-state index in [1.165, 1.54) is 0 Å². The molecule has 5 aromatic rings. The number of nitrogens with one attached hydrogen (secondary N) is 2. The zero-order chi connectivity index (χ0) is 24.0. The molecule has 2 N–H and O–H groups in total. The van der Waals surface area contributed by atoms with Crippen LogP contribution < -0.4 is 15.4 Å². The first-order valence-corrected chi connectivity index (χ1v) is 11.0. The highest BCUT2D eigenvalue weighted by Gasteiger charge is 2.13. The van der Waals surface area contributed by atoms with Crippen molar-refractivity contribution in [3.63, 3.8) is 0 Å². The molecule has 2 aromatic heterocycles. The van der Waals surface area contributed by atoms with Crippen LogP contribution in [0.2, 0.25) is 0 Å². The lowest BCUT2D eigenvalue weighted by molar-refractivity contribution is 0.102. The van der Waals surface area contributed by atoms with Gasteiger partial charge in [0.25, 0.3) is 5.91 Å². The summed E-state index contributed by atoms with van der Waals surface area (Å²) >= 11 is 0. The van der Waals surface area contributed by atoms with Crippen LogP contribution >= 0.6 is 0 Å². The number of aromatic nitrogens is 4. The van der Waals surface area contributed by atoms with Crippen LogP contribution in [0.5, 0.6) is 11.5 Å². The van der Waals surface area contributed by atoms with Gasteiger partial charge in [-0.3, -0.25) is 9.36 Å². The molecule has 0 unspecified atom stereocenters. The van der Waals surface area contributed by atoms with Crippen LogP contribution in [0.15, 0.2) is 104 Å². The zero-order valence-electron chi connectivity index (χ0n) is 18.9. The zero-order valence-corrected chi connectivity index (χ0v) is 18.9. The summed E-state index contributed by atoms with van der Waals surface area (Å²) in [5.41, 5.74) is 1.93. The predicted octanol–water partition coefficient (Wildman–Crippen LogP) is 5.76. The smallest absolute Gasteiger partial charge is 0.259 e. The van der Waals surface area contributed by atoms with Gasteiger partial charge in [-0.05, 0) is 55.5 Å². The number of amides is 1. The number of hydrogen-bond acceptors (Lipinski definition) is 6. The van der Waals surface area contributed by atoms with Gasteiger partial charge < -0.3 is 15.4 Å². The molecular formula is C27H22N6O2. The Balaban J connectivity index is 1.28. The maximum Gasteiger partial charge on any atom is 0.259 e. The van der Waals surface area contributed by atoms with Crippen LogP contribution in [-0.4, -0.2) is 25.4 Å². The van der Waals surface area contributed by atoms with E-state index in [1.807, 2.05) is 90.5 Å². The predicted molar refractivity (Wildman–Crippen MR) is 135 cm³/mol. The van der Waals surface area contributed by atoms with Gasteiger partial charge >= 0.3 is 0 Å². The van der Waals surface area contributed by atoms with Crippen molar-refractivity contribution in [2.75, 3.05) is 10.6 Å². The van der Waals surface area contributed by atoms with E-state index in [0.29, 0.717) is 34.4 Å². The number of ether oxygens (including phenoxy) is 1. The second-order valence-electron chi connectivity index (χ2n) is 7.70. The Labute approximate surface area is 202 Å². The van der Waals surface area contributed by atoms with Gasteiger partial charge in [-0.2, -0.15) is 0 Å². The summed E-state index contributed by atoms with van der Waals surface area (Å²) in [7, 11) is 0. The first kappa shape index (κ1) is 21.8. The van der Waals surface area contributed by atoms with Crippen molar-refractivity contribution < 1.29 is 9.53 Å². The number of carbonyl (C=O) groups is 1. The Morgan fingerprint density at radius 1 is 0.886 bits per heavy atom. The standard InChI is InChI=1S/C27H22N6O2/c1-19-29-25(17-26(30-19)33-16-15-28-18-33)31-20-11-13-21(14-12-20)32-27(34)23-9-5-6-10-24(23)35-22-7-3-2-4-8-22/h2-18H,1H3,(H,32,34)(H,29,30,31). The average Bonchev–Trinajstić information content (AvgIpc) is 3.41. The number of imidazole rings is 1. The molecule has 172 valence electrons. The van der Waals surface area contributed by atoms with Gasteiger partial charge in [0, 0.05) is 29.8 Å². The van der Waals surface area contributed by atoms with E-state index < -0.39 is 0 Å². The monoisotopic (exact) mass is 462 g/mol. The second-order valence-corrected chi connectivity index (χ2v) is 7.70. The third-order valence-electron chi connectivity index (χ3n) is 5.11. The van der Waals surface area contributed by atoms with Crippen LogP contribution in [0.1, 0.15) is 16.2 Å². The van der Waals surface area contributed by atoms with Gasteiger partial charge in [-0.1, -0.05) is 30.3 Å². The van der Waals surface area contributed by atoms with E-state index in [-0.39, 0.29) is 5.91 Å². The summed E-state index contributed by atoms with van der Waals surface area (Å²) in [6, 6.07) is 25.8. The van der Waals surface area contributed by atoms with Gasteiger partial charge in [-0.25, -0.2) is 15.0 Å². The average molecular weight is 463 g/mol. The summed E-state index contributed by atoms with van der Waals surface area (Å²) in [6.45, 7) is 1.84. The second kappa shape index (κ2) is 9.88. The number of nitrogens with zero attached hydrogens (tertiary/aromatic N) is 4. The molecule has 8 heteroatoms. The van der Waals surface area contributed by atoms with Crippen LogP contribution in [0.3, 0.4) is 0 Å². The van der Waals surface area contributed by atoms with E-state index in [1.54, 1.807) is 24.7 Å². The lowest BCUT2D eigenvalue weighted by Crippen LogP contribution is -2.13. The summed E-state index contributed by atoms with van der Waals surface area (Å²) < 4.78 is 7.73. The molecule has 0 fully saturated rings. The van der Waals surface area contributed by atoms with Gasteiger partial charge in [-0.15, -0.1) is 0 Å². The molecule has 0 aliphatic carbocycles. The molecule has 1 amide bonds. The van der Waals surface area contributed by atoms with Crippen molar-refractivity contribution in [2.45, 2.75) is 6.92 Å². The van der Waals surface area contributed by atoms with E-state index in [9.17, 15) is 4.79 Å². The third kappa shape index (κ3) is 5.33. The lowest BCUT2D eigenvalue weighted by Gasteiger charge is -2.12. The first-order chi connectivity index (χ1) is 17.1. The Bertz CT molecular complexity index is 1430. The van der Waals surface area contributed by atoms with Gasteiger partial charge in [0.2, 0.25) is 0 Å². The number of benzene rings is 3. The number of hydrogen-bond donors (Lipinski definition) is 2.